The number of carbonyl (C=O) groups excluding carboxylic acids is 2. The summed E-state index contributed by atoms with van der Waals surface area (Å²) in [5.41, 5.74) is 3.96. The van der Waals surface area contributed by atoms with Crippen molar-refractivity contribution < 1.29 is 19.2 Å². The van der Waals surface area contributed by atoms with E-state index in [1.807, 2.05) is 6.92 Å². The molecule has 0 spiro atoms. The summed E-state index contributed by atoms with van der Waals surface area (Å²) in [6.07, 6.45) is 12.4. The predicted molar refractivity (Wildman–Crippen MR) is 116 cm³/mol. The quantitative estimate of drug-likeness (QED) is 0.205. The van der Waals surface area contributed by atoms with Crippen molar-refractivity contribution in [1.29, 1.82) is 0 Å². The van der Waals surface area contributed by atoms with Crippen LogP contribution in [0, 0.1) is 28.6 Å². The molecule has 0 aromatic carbocycles. The Kier molecular flexibility index (Phi) is 5.44. The summed E-state index contributed by atoms with van der Waals surface area (Å²) in [7, 11) is 0. The first-order valence-corrected chi connectivity index (χ1v) is 11.4. The van der Waals surface area contributed by atoms with Crippen LogP contribution in [0.1, 0.15) is 79.6 Å². The van der Waals surface area contributed by atoms with Gasteiger partial charge >= 0.3 is 11.9 Å². The maximum absolute atomic E-state index is 11.4. The lowest BCUT2D eigenvalue weighted by Gasteiger charge is -2.57. The first kappa shape index (κ1) is 21.3. The number of esters is 1. The molecule has 4 rings (SSSR count). The lowest BCUT2D eigenvalue weighted by atomic mass is 9.47. The van der Waals surface area contributed by atoms with Crippen LogP contribution in [0.15, 0.2) is 28.5 Å². The van der Waals surface area contributed by atoms with Crippen LogP contribution in [0.2, 0.25) is 0 Å². The Morgan fingerprint density at radius 1 is 0.967 bits per heavy atom. The van der Waals surface area contributed by atoms with Crippen molar-refractivity contribution in [3.05, 3.63) is 23.3 Å². The van der Waals surface area contributed by atoms with Crippen LogP contribution >= 0.6 is 0 Å². The summed E-state index contributed by atoms with van der Waals surface area (Å²) in [6, 6.07) is 0. The fourth-order valence-corrected chi connectivity index (χ4v) is 7.27. The van der Waals surface area contributed by atoms with Crippen LogP contribution < -0.4 is 0 Å². The van der Waals surface area contributed by atoms with E-state index in [9.17, 15) is 9.59 Å². The highest BCUT2D eigenvalue weighted by Gasteiger charge is 2.57. The van der Waals surface area contributed by atoms with Gasteiger partial charge in [0.2, 0.25) is 0 Å². The maximum atomic E-state index is 11.4. The van der Waals surface area contributed by atoms with E-state index in [0.29, 0.717) is 17.8 Å². The highest BCUT2D eigenvalue weighted by molar-refractivity contribution is 5.99. The molecular weight excluding hydrogens is 378 g/mol. The zero-order valence-corrected chi connectivity index (χ0v) is 19.0. The lowest BCUT2D eigenvalue weighted by molar-refractivity contribution is -0.148. The Hall–Kier alpha value is -1.91. The molecule has 0 aliphatic heterocycles. The average Bonchev–Trinajstić information content (AvgIpc) is 3.03. The molecule has 0 aromatic heterocycles. The Balaban J connectivity index is 1.55. The summed E-state index contributed by atoms with van der Waals surface area (Å²) >= 11 is 0. The second-order valence-corrected chi connectivity index (χ2v) is 10.3. The van der Waals surface area contributed by atoms with Crippen molar-refractivity contribution in [3.63, 3.8) is 0 Å². The normalized spacial score (nSPS) is 40.4. The van der Waals surface area contributed by atoms with Gasteiger partial charge in [-0.1, -0.05) is 36.7 Å². The first-order valence-electron chi connectivity index (χ1n) is 11.4. The molecule has 0 heterocycles. The van der Waals surface area contributed by atoms with Gasteiger partial charge in [-0.2, -0.15) is 0 Å². The Morgan fingerprint density at radius 2 is 1.70 bits per heavy atom. The molecule has 164 valence electrons. The number of allylic oxidation sites excluding steroid dienone is 3. The molecule has 0 saturated heterocycles. The van der Waals surface area contributed by atoms with E-state index in [2.05, 4.69) is 31.2 Å². The fraction of sp³-hybridized carbons (Fsp3) is 0.720. The third kappa shape index (κ3) is 3.44. The zero-order chi connectivity index (χ0) is 21.7. The predicted octanol–water partition coefficient (Wildman–Crippen LogP) is 5.36. The number of hydrogen-bond acceptors (Lipinski definition) is 5. The molecule has 0 N–H and O–H groups in total. The van der Waals surface area contributed by atoms with E-state index < -0.39 is 0 Å². The van der Waals surface area contributed by atoms with Crippen molar-refractivity contribution in [3.8, 4) is 0 Å². The number of fused-ring (bicyclic) bond motifs is 5. The lowest BCUT2D eigenvalue weighted by Crippen LogP contribution is -2.50. The minimum absolute atomic E-state index is 0.0483. The second kappa shape index (κ2) is 7.65. The van der Waals surface area contributed by atoms with Crippen LogP contribution in [0.4, 0.5) is 0 Å². The minimum atomic E-state index is -0.374. The third-order valence-corrected chi connectivity index (χ3v) is 8.67. The number of ether oxygens (including phenoxy) is 1. The van der Waals surface area contributed by atoms with E-state index in [0.717, 1.165) is 44.2 Å². The molecule has 0 unspecified atom stereocenters. The van der Waals surface area contributed by atoms with Gasteiger partial charge in [-0.3, -0.25) is 4.79 Å². The van der Waals surface area contributed by atoms with Crippen molar-refractivity contribution in [2.75, 3.05) is 0 Å². The van der Waals surface area contributed by atoms with Crippen LogP contribution in [0.5, 0.6) is 0 Å². The molecule has 2 fully saturated rings. The van der Waals surface area contributed by atoms with Crippen molar-refractivity contribution in [1.82, 2.24) is 0 Å². The zero-order valence-electron chi connectivity index (χ0n) is 19.0. The molecule has 5 heteroatoms. The van der Waals surface area contributed by atoms with Gasteiger partial charge < -0.3 is 9.57 Å². The highest BCUT2D eigenvalue weighted by Crippen LogP contribution is 2.65. The SMILES string of the molecule is CC(=O)O/N=C(/C)C1=CC[C@H]2[C@@H]3CC=C4C[C@@H](OC(C)=O)CC[C@]4(C)[C@H]3CC[C@]12C. The van der Waals surface area contributed by atoms with Gasteiger partial charge in [0, 0.05) is 20.3 Å². The molecule has 0 bridgehead atoms. The Morgan fingerprint density at radius 3 is 2.40 bits per heavy atom. The van der Waals surface area contributed by atoms with Crippen LogP contribution in [-0.2, 0) is 19.2 Å². The maximum Gasteiger partial charge on any atom is 0.331 e. The number of rotatable bonds is 3. The summed E-state index contributed by atoms with van der Waals surface area (Å²) in [6.45, 7) is 9.71. The second-order valence-electron chi connectivity index (χ2n) is 10.3. The summed E-state index contributed by atoms with van der Waals surface area (Å²) in [5.74, 6) is 1.42. The van der Waals surface area contributed by atoms with Gasteiger partial charge in [0.1, 0.15) is 6.10 Å². The van der Waals surface area contributed by atoms with Crippen LogP contribution in [0.3, 0.4) is 0 Å². The van der Waals surface area contributed by atoms with Crippen molar-refractivity contribution in [2.24, 2.45) is 33.7 Å². The van der Waals surface area contributed by atoms with Crippen molar-refractivity contribution >= 4 is 17.7 Å². The summed E-state index contributed by atoms with van der Waals surface area (Å²) < 4.78 is 5.55. The third-order valence-electron chi connectivity index (χ3n) is 8.67. The molecule has 4 aliphatic carbocycles. The Bertz CT molecular complexity index is 840. The Labute approximate surface area is 179 Å². The van der Waals surface area contributed by atoms with Gasteiger partial charge in [0.05, 0.1) is 5.71 Å². The molecule has 30 heavy (non-hydrogen) atoms. The molecular formula is C25H35NO4. The topological polar surface area (TPSA) is 65.0 Å². The van der Waals surface area contributed by atoms with Gasteiger partial charge in [0.15, 0.2) is 0 Å². The van der Waals surface area contributed by atoms with E-state index in [1.165, 1.54) is 31.4 Å². The van der Waals surface area contributed by atoms with Gasteiger partial charge in [-0.15, -0.1) is 0 Å². The van der Waals surface area contributed by atoms with E-state index in [1.54, 1.807) is 0 Å². The summed E-state index contributed by atoms with van der Waals surface area (Å²) in [5, 5.41) is 4.10. The molecule has 4 aliphatic rings. The van der Waals surface area contributed by atoms with E-state index >= 15 is 0 Å². The van der Waals surface area contributed by atoms with Gasteiger partial charge in [0.25, 0.3) is 0 Å². The van der Waals surface area contributed by atoms with Gasteiger partial charge in [-0.25, -0.2) is 4.79 Å². The standard InChI is InChI=1S/C25H35NO4/c1-15(26-30-17(3)28)21-8-9-22-20-7-6-18-14-19(29-16(2)27)10-12-24(18,4)23(20)11-13-25(21,22)5/h6,8,19-20,22-23H,7,9-14H2,1-5H3/b26-15-/t19-,20-,22-,23-,24-,25+/m0/s1. The van der Waals surface area contributed by atoms with Crippen molar-refractivity contribution in [2.45, 2.75) is 85.7 Å². The van der Waals surface area contributed by atoms with Crippen LogP contribution in [0.25, 0.3) is 0 Å². The van der Waals surface area contributed by atoms with E-state index in [-0.39, 0.29) is 28.9 Å². The minimum Gasteiger partial charge on any atom is -0.462 e. The molecule has 0 radical (unpaired) electrons. The molecule has 5 nitrogen and oxygen atoms in total. The van der Waals surface area contributed by atoms with Gasteiger partial charge in [-0.05, 0) is 79.6 Å². The average molecular weight is 414 g/mol. The number of hydrogen-bond donors (Lipinski definition) is 0. The molecule has 0 amide bonds. The number of nitrogens with zero attached hydrogens (tertiary/aromatic N) is 1. The number of carbonyl (C=O) groups is 2. The molecule has 6 atom stereocenters. The molecule has 0 aromatic rings. The fourth-order valence-electron chi connectivity index (χ4n) is 7.27. The summed E-state index contributed by atoms with van der Waals surface area (Å²) in [4.78, 5) is 27.5. The monoisotopic (exact) mass is 413 g/mol. The number of oxime groups is 1. The largest absolute Gasteiger partial charge is 0.462 e. The molecule has 2 saturated carbocycles. The van der Waals surface area contributed by atoms with E-state index in [4.69, 9.17) is 9.57 Å². The highest BCUT2D eigenvalue weighted by atomic mass is 16.7. The smallest absolute Gasteiger partial charge is 0.331 e. The first-order chi connectivity index (χ1) is 14.1. The van der Waals surface area contributed by atoms with Crippen LogP contribution in [-0.4, -0.2) is 23.8 Å².